The number of imide groups is 1. The Hall–Kier alpha value is -3.23. The Kier molecular flexibility index (Phi) is 5.30. The Bertz CT molecular complexity index is 1290. The van der Waals surface area contributed by atoms with Gasteiger partial charge in [-0.15, -0.1) is 0 Å². The lowest BCUT2D eigenvalue weighted by Crippen LogP contribution is -2.45. The van der Waals surface area contributed by atoms with Crippen molar-refractivity contribution in [2.75, 3.05) is 5.32 Å². The van der Waals surface area contributed by atoms with Gasteiger partial charge in [-0.25, -0.2) is 4.98 Å². The van der Waals surface area contributed by atoms with Crippen LogP contribution in [0.2, 0.25) is 10.0 Å². The topological polar surface area (TPSA) is 97.2 Å². The molecule has 1 aliphatic heterocycles. The number of anilines is 1. The van der Waals surface area contributed by atoms with E-state index in [1.54, 1.807) is 33.8 Å². The summed E-state index contributed by atoms with van der Waals surface area (Å²) >= 11 is 12.2. The van der Waals surface area contributed by atoms with Gasteiger partial charge >= 0.3 is 0 Å². The SMILES string of the molecule is Cc1cc(NC(=O)c2ccc3c(c2)C(=O)N(C(C)(C)C)C3=O)n(-c2ncc(Cl)cc2Cl)n1. The Morgan fingerprint density at radius 1 is 1.03 bits per heavy atom. The molecule has 3 amide bonds. The van der Waals surface area contributed by atoms with Crippen LogP contribution in [0.5, 0.6) is 0 Å². The summed E-state index contributed by atoms with van der Waals surface area (Å²) < 4.78 is 1.40. The number of benzene rings is 1. The lowest BCUT2D eigenvalue weighted by Gasteiger charge is -2.29. The van der Waals surface area contributed by atoms with Gasteiger partial charge < -0.3 is 5.32 Å². The van der Waals surface area contributed by atoms with Crippen LogP contribution in [-0.2, 0) is 0 Å². The Balaban J connectivity index is 1.66. The second-order valence-corrected chi connectivity index (χ2v) is 9.22. The van der Waals surface area contributed by atoms with Crippen molar-refractivity contribution < 1.29 is 14.4 Å². The Morgan fingerprint density at radius 2 is 1.72 bits per heavy atom. The summed E-state index contributed by atoms with van der Waals surface area (Å²) in [4.78, 5) is 43.8. The van der Waals surface area contributed by atoms with Gasteiger partial charge in [0.25, 0.3) is 17.7 Å². The molecule has 0 unspecified atom stereocenters. The molecule has 0 saturated carbocycles. The van der Waals surface area contributed by atoms with Crippen LogP contribution >= 0.6 is 23.2 Å². The van der Waals surface area contributed by atoms with Gasteiger partial charge in [0.05, 0.1) is 26.9 Å². The second-order valence-electron chi connectivity index (χ2n) is 8.37. The highest BCUT2D eigenvalue weighted by molar-refractivity contribution is 6.35. The zero-order chi connectivity index (χ0) is 23.4. The first kappa shape index (κ1) is 22.0. The molecule has 32 heavy (non-hydrogen) atoms. The maximum atomic E-state index is 13.0. The largest absolute Gasteiger partial charge is 0.306 e. The standard InChI is InChI=1S/C22H19Cl2N5O3/c1-11-7-17(29(27-11)18-16(24)9-13(23)10-25-18)26-19(30)12-5-6-14-15(8-12)21(32)28(20(14)31)22(2,3)4/h5-10H,1-4H3,(H,26,30). The number of amides is 3. The number of aryl methyl sites for hydroxylation is 1. The molecule has 3 heterocycles. The summed E-state index contributed by atoms with van der Waals surface area (Å²) in [5.41, 5.74) is 0.652. The molecule has 0 aliphatic carbocycles. The first-order valence-corrected chi connectivity index (χ1v) is 10.5. The van der Waals surface area contributed by atoms with Crippen molar-refractivity contribution in [1.29, 1.82) is 0 Å². The van der Waals surface area contributed by atoms with E-state index in [0.29, 0.717) is 22.4 Å². The molecule has 1 aromatic carbocycles. The first-order valence-electron chi connectivity index (χ1n) is 9.70. The minimum absolute atomic E-state index is 0.199. The van der Waals surface area contributed by atoms with Crippen molar-refractivity contribution in [1.82, 2.24) is 19.7 Å². The average Bonchev–Trinajstić information content (AvgIpc) is 3.18. The smallest absolute Gasteiger partial charge is 0.262 e. The summed E-state index contributed by atoms with van der Waals surface area (Å²) in [6, 6.07) is 7.62. The van der Waals surface area contributed by atoms with Crippen LogP contribution in [0.1, 0.15) is 57.5 Å². The van der Waals surface area contributed by atoms with Crippen molar-refractivity contribution in [3.8, 4) is 5.82 Å². The molecule has 1 N–H and O–H groups in total. The molecule has 3 aromatic rings. The number of carbonyl (C=O) groups is 3. The van der Waals surface area contributed by atoms with Crippen molar-refractivity contribution in [3.05, 3.63) is 69.0 Å². The number of nitrogens with zero attached hydrogens (tertiary/aromatic N) is 4. The summed E-state index contributed by atoms with van der Waals surface area (Å²) in [5, 5.41) is 7.74. The fraction of sp³-hybridized carbons (Fsp3) is 0.227. The first-order chi connectivity index (χ1) is 15.0. The lowest BCUT2D eigenvalue weighted by atomic mass is 10.1. The van der Waals surface area contributed by atoms with Crippen molar-refractivity contribution >= 4 is 46.7 Å². The molecule has 8 nitrogen and oxygen atoms in total. The molecule has 0 spiro atoms. The number of aromatic nitrogens is 3. The summed E-state index contributed by atoms with van der Waals surface area (Å²) in [6.45, 7) is 7.10. The van der Waals surface area contributed by atoms with E-state index in [4.69, 9.17) is 23.2 Å². The number of pyridine rings is 1. The van der Waals surface area contributed by atoms with Crippen molar-refractivity contribution in [2.45, 2.75) is 33.2 Å². The van der Waals surface area contributed by atoms with Gasteiger partial charge in [0.1, 0.15) is 5.82 Å². The monoisotopic (exact) mass is 471 g/mol. The van der Waals surface area contributed by atoms with E-state index >= 15 is 0 Å². The van der Waals surface area contributed by atoms with Crippen LogP contribution in [0.4, 0.5) is 5.82 Å². The van der Waals surface area contributed by atoms with Gasteiger partial charge in [-0.3, -0.25) is 19.3 Å². The number of hydrogen-bond acceptors (Lipinski definition) is 5. The number of carbonyl (C=O) groups excluding carboxylic acids is 3. The van der Waals surface area contributed by atoms with E-state index in [1.165, 1.54) is 40.0 Å². The van der Waals surface area contributed by atoms with Crippen LogP contribution < -0.4 is 5.32 Å². The fourth-order valence-corrected chi connectivity index (χ4v) is 3.95. The van der Waals surface area contributed by atoms with Crippen LogP contribution in [0.3, 0.4) is 0 Å². The number of nitrogens with one attached hydrogen (secondary N) is 1. The van der Waals surface area contributed by atoms with Crippen molar-refractivity contribution in [2.24, 2.45) is 0 Å². The third-order valence-electron chi connectivity index (χ3n) is 4.88. The second kappa shape index (κ2) is 7.72. The normalized spacial score (nSPS) is 13.5. The molecule has 164 valence electrons. The highest BCUT2D eigenvalue weighted by atomic mass is 35.5. The Labute approximate surface area is 194 Å². The average molecular weight is 472 g/mol. The molecular weight excluding hydrogens is 453 g/mol. The third-order valence-corrected chi connectivity index (χ3v) is 5.37. The molecule has 4 rings (SSSR count). The summed E-state index contributed by atoms with van der Waals surface area (Å²) in [5.74, 6) is -0.640. The predicted molar refractivity (Wildman–Crippen MR) is 121 cm³/mol. The highest BCUT2D eigenvalue weighted by Crippen LogP contribution is 2.30. The molecule has 0 saturated heterocycles. The molecule has 0 atom stereocenters. The predicted octanol–water partition coefficient (Wildman–Crippen LogP) is 4.53. The van der Waals surface area contributed by atoms with Gasteiger partial charge in [-0.1, -0.05) is 23.2 Å². The van der Waals surface area contributed by atoms with Crippen molar-refractivity contribution in [3.63, 3.8) is 0 Å². The van der Waals surface area contributed by atoms with E-state index in [2.05, 4.69) is 15.4 Å². The Morgan fingerprint density at radius 3 is 2.38 bits per heavy atom. The van der Waals surface area contributed by atoms with Gasteiger partial charge in [0, 0.05) is 23.4 Å². The zero-order valence-corrected chi connectivity index (χ0v) is 19.2. The van der Waals surface area contributed by atoms with E-state index in [0.717, 1.165) is 0 Å². The van der Waals surface area contributed by atoms with Gasteiger partial charge in [-0.05, 0) is 52.0 Å². The maximum Gasteiger partial charge on any atom is 0.262 e. The lowest BCUT2D eigenvalue weighted by molar-refractivity contribution is 0.0507. The minimum atomic E-state index is -0.676. The number of rotatable bonds is 3. The summed E-state index contributed by atoms with van der Waals surface area (Å²) in [7, 11) is 0. The highest BCUT2D eigenvalue weighted by Gasteiger charge is 2.42. The van der Waals surface area contributed by atoms with Crippen LogP contribution in [-0.4, -0.2) is 42.9 Å². The van der Waals surface area contributed by atoms with E-state index in [1.807, 2.05) is 0 Å². The number of hydrogen-bond donors (Lipinski definition) is 1. The molecular formula is C22H19Cl2N5O3. The van der Waals surface area contributed by atoms with Gasteiger partial charge in [-0.2, -0.15) is 9.78 Å². The number of halogens is 2. The molecule has 0 fully saturated rings. The number of fused-ring (bicyclic) bond motifs is 1. The molecule has 2 aromatic heterocycles. The fourth-order valence-electron chi connectivity index (χ4n) is 3.49. The van der Waals surface area contributed by atoms with E-state index < -0.39 is 17.4 Å². The van der Waals surface area contributed by atoms with Gasteiger partial charge in [0.2, 0.25) is 0 Å². The van der Waals surface area contributed by atoms with Crippen LogP contribution in [0, 0.1) is 6.92 Å². The quantitative estimate of drug-likeness (QED) is 0.565. The third kappa shape index (κ3) is 3.76. The molecule has 10 heteroatoms. The summed E-state index contributed by atoms with van der Waals surface area (Å²) in [6.07, 6.45) is 1.43. The van der Waals surface area contributed by atoms with E-state index in [-0.39, 0.29) is 27.6 Å². The van der Waals surface area contributed by atoms with Crippen LogP contribution in [0.25, 0.3) is 5.82 Å². The van der Waals surface area contributed by atoms with Crippen LogP contribution in [0.15, 0.2) is 36.5 Å². The zero-order valence-electron chi connectivity index (χ0n) is 17.7. The van der Waals surface area contributed by atoms with E-state index in [9.17, 15) is 14.4 Å². The van der Waals surface area contributed by atoms with Gasteiger partial charge in [0.15, 0.2) is 5.82 Å². The molecule has 0 bridgehead atoms. The maximum absolute atomic E-state index is 13.0. The molecule has 0 radical (unpaired) electrons. The molecule has 1 aliphatic rings. The minimum Gasteiger partial charge on any atom is -0.306 e.